The minimum atomic E-state index is -0.331. The molecular weight excluding hydrogens is 317 g/mol. The summed E-state index contributed by atoms with van der Waals surface area (Å²) in [6, 6.07) is 2.74. The number of nitrogens with one attached hydrogen (secondary N) is 1. The van der Waals surface area contributed by atoms with Gasteiger partial charge < -0.3 is 15.1 Å². The third kappa shape index (κ3) is 3.58. The van der Waals surface area contributed by atoms with Crippen molar-refractivity contribution in [1.29, 1.82) is 0 Å². The lowest BCUT2D eigenvalue weighted by atomic mass is 10.3. The highest BCUT2D eigenvalue weighted by atomic mass is 32.1. The van der Waals surface area contributed by atoms with Crippen LogP contribution in [0.15, 0.2) is 29.9 Å². The van der Waals surface area contributed by atoms with Gasteiger partial charge in [0.05, 0.1) is 6.04 Å². The molecule has 3 heterocycles. The highest BCUT2D eigenvalue weighted by molar-refractivity contribution is 7.09. The summed E-state index contributed by atoms with van der Waals surface area (Å²) in [6.07, 6.45) is 3.30. The first kappa shape index (κ1) is 15.7. The standard InChI is InChI=1S/C15H18FN5OS/c1-11(14-18-5-10-23-14)19-15(22)21-8-6-20(7-9-21)13-12(16)3-2-4-17-13/h2-5,10-11H,6-9H2,1H3,(H,19,22). The number of urea groups is 1. The van der Waals surface area contributed by atoms with Gasteiger partial charge in [-0.3, -0.25) is 0 Å². The number of thiazole rings is 1. The molecule has 6 nitrogen and oxygen atoms in total. The van der Waals surface area contributed by atoms with Crippen LogP contribution in [0.3, 0.4) is 0 Å². The van der Waals surface area contributed by atoms with Crippen LogP contribution in [-0.2, 0) is 0 Å². The Morgan fingerprint density at radius 3 is 2.74 bits per heavy atom. The van der Waals surface area contributed by atoms with Crippen molar-refractivity contribution in [1.82, 2.24) is 20.2 Å². The van der Waals surface area contributed by atoms with Crippen molar-refractivity contribution < 1.29 is 9.18 Å². The summed E-state index contributed by atoms with van der Waals surface area (Å²) in [7, 11) is 0. The first-order chi connectivity index (χ1) is 11.1. The summed E-state index contributed by atoms with van der Waals surface area (Å²) in [5, 5.41) is 5.71. The van der Waals surface area contributed by atoms with Crippen molar-refractivity contribution >= 4 is 23.2 Å². The van der Waals surface area contributed by atoms with E-state index in [0.29, 0.717) is 32.0 Å². The monoisotopic (exact) mass is 335 g/mol. The van der Waals surface area contributed by atoms with Gasteiger partial charge in [0, 0.05) is 44.0 Å². The van der Waals surface area contributed by atoms with Crippen LogP contribution in [0.2, 0.25) is 0 Å². The lowest BCUT2D eigenvalue weighted by Gasteiger charge is -2.35. The van der Waals surface area contributed by atoms with Gasteiger partial charge >= 0.3 is 6.03 Å². The predicted octanol–water partition coefficient (Wildman–Crippen LogP) is 2.27. The number of hydrogen-bond donors (Lipinski definition) is 1. The fraction of sp³-hybridized carbons (Fsp3) is 0.400. The molecule has 2 amide bonds. The fourth-order valence-corrected chi connectivity index (χ4v) is 3.16. The first-order valence-corrected chi connectivity index (χ1v) is 8.33. The van der Waals surface area contributed by atoms with E-state index >= 15 is 0 Å². The van der Waals surface area contributed by atoms with Gasteiger partial charge in [-0.05, 0) is 19.1 Å². The highest BCUT2D eigenvalue weighted by Gasteiger charge is 2.24. The Hall–Kier alpha value is -2.22. The van der Waals surface area contributed by atoms with Gasteiger partial charge in [0.25, 0.3) is 0 Å². The van der Waals surface area contributed by atoms with Crippen LogP contribution in [0.5, 0.6) is 0 Å². The number of pyridine rings is 1. The van der Waals surface area contributed by atoms with Crippen LogP contribution in [-0.4, -0.2) is 47.1 Å². The molecule has 1 N–H and O–H groups in total. The van der Waals surface area contributed by atoms with Gasteiger partial charge in [-0.2, -0.15) is 0 Å². The molecule has 1 atom stereocenters. The summed E-state index contributed by atoms with van der Waals surface area (Å²) in [5.74, 6) is 0.0199. The Morgan fingerprint density at radius 1 is 1.30 bits per heavy atom. The average molecular weight is 335 g/mol. The largest absolute Gasteiger partial charge is 0.351 e. The third-order valence-electron chi connectivity index (χ3n) is 3.77. The van der Waals surface area contributed by atoms with E-state index in [4.69, 9.17) is 0 Å². The molecule has 0 spiro atoms. The molecule has 3 rings (SSSR count). The number of rotatable bonds is 3. The van der Waals surface area contributed by atoms with Gasteiger partial charge in [-0.15, -0.1) is 11.3 Å². The van der Waals surface area contributed by atoms with E-state index < -0.39 is 0 Å². The van der Waals surface area contributed by atoms with E-state index in [9.17, 15) is 9.18 Å². The minimum absolute atomic E-state index is 0.117. The van der Waals surface area contributed by atoms with Crippen LogP contribution in [0.25, 0.3) is 0 Å². The molecule has 0 saturated carbocycles. The maximum absolute atomic E-state index is 13.8. The first-order valence-electron chi connectivity index (χ1n) is 7.45. The summed E-state index contributed by atoms with van der Waals surface area (Å²) in [4.78, 5) is 24.2. The molecule has 0 bridgehead atoms. The number of carbonyl (C=O) groups excluding carboxylic acids is 1. The molecule has 0 aromatic carbocycles. The molecule has 0 radical (unpaired) electrons. The molecule has 0 aliphatic carbocycles. The van der Waals surface area contributed by atoms with E-state index in [1.165, 1.54) is 17.4 Å². The van der Waals surface area contributed by atoms with Crippen LogP contribution in [0.4, 0.5) is 15.0 Å². The maximum atomic E-state index is 13.8. The van der Waals surface area contributed by atoms with Crippen LogP contribution in [0, 0.1) is 5.82 Å². The van der Waals surface area contributed by atoms with E-state index in [2.05, 4.69) is 15.3 Å². The van der Waals surface area contributed by atoms with E-state index in [0.717, 1.165) is 5.01 Å². The molecule has 1 fully saturated rings. The Kier molecular flexibility index (Phi) is 4.71. The van der Waals surface area contributed by atoms with Gasteiger partial charge in [-0.25, -0.2) is 19.2 Å². The van der Waals surface area contributed by atoms with E-state index in [1.54, 1.807) is 23.4 Å². The van der Waals surface area contributed by atoms with Crippen molar-refractivity contribution in [2.45, 2.75) is 13.0 Å². The van der Waals surface area contributed by atoms with Gasteiger partial charge in [-0.1, -0.05) is 0 Å². The van der Waals surface area contributed by atoms with Crippen molar-refractivity contribution in [3.05, 3.63) is 40.7 Å². The van der Waals surface area contributed by atoms with Crippen molar-refractivity contribution in [3.63, 3.8) is 0 Å². The normalized spacial score (nSPS) is 16.3. The number of carbonyl (C=O) groups is 1. The van der Waals surface area contributed by atoms with E-state index in [1.807, 2.05) is 17.2 Å². The maximum Gasteiger partial charge on any atom is 0.318 e. The van der Waals surface area contributed by atoms with Crippen molar-refractivity contribution in [2.75, 3.05) is 31.1 Å². The molecule has 1 aliphatic rings. The fourth-order valence-electron chi connectivity index (χ4n) is 2.52. The second kappa shape index (κ2) is 6.91. The molecule has 122 valence electrons. The summed E-state index contributed by atoms with van der Waals surface area (Å²) in [5.41, 5.74) is 0. The summed E-state index contributed by atoms with van der Waals surface area (Å²) < 4.78 is 13.8. The Labute approximate surface area is 138 Å². The molecule has 8 heteroatoms. The van der Waals surface area contributed by atoms with Crippen molar-refractivity contribution in [3.8, 4) is 0 Å². The molecule has 2 aromatic heterocycles. The molecule has 1 aliphatic heterocycles. The molecule has 23 heavy (non-hydrogen) atoms. The molecular formula is C15H18FN5OS. The summed E-state index contributed by atoms with van der Waals surface area (Å²) in [6.45, 7) is 4.11. The van der Waals surface area contributed by atoms with Crippen LogP contribution in [0.1, 0.15) is 18.0 Å². The molecule has 1 saturated heterocycles. The lowest BCUT2D eigenvalue weighted by molar-refractivity contribution is 0.191. The number of amides is 2. The average Bonchev–Trinajstić information content (AvgIpc) is 3.10. The zero-order chi connectivity index (χ0) is 16.2. The minimum Gasteiger partial charge on any atom is -0.351 e. The van der Waals surface area contributed by atoms with Crippen LogP contribution < -0.4 is 10.2 Å². The number of halogens is 1. The SMILES string of the molecule is CC(NC(=O)N1CCN(c2ncccc2F)CC1)c1nccs1. The topological polar surface area (TPSA) is 61.4 Å². The van der Waals surface area contributed by atoms with Gasteiger partial charge in [0.1, 0.15) is 5.01 Å². The number of hydrogen-bond acceptors (Lipinski definition) is 5. The highest BCUT2D eigenvalue weighted by Crippen LogP contribution is 2.18. The Balaban J connectivity index is 1.54. The smallest absolute Gasteiger partial charge is 0.318 e. The number of aromatic nitrogens is 2. The second-order valence-electron chi connectivity index (χ2n) is 5.32. The summed E-state index contributed by atoms with van der Waals surface area (Å²) >= 11 is 1.52. The predicted molar refractivity (Wildman–Crippen MR) is 87.0 cm³/mol. The van der Waals surface area contributed by atoms with Gasteiger partial charge in [0.2, 0.25) is 0 Å². The Morgan fingerprint density at radius 2 is 2.09 bits per heavy atom. The number of piperazine rings is 1. The van der Waals surface area contributed by atoms with Gasteiger partial charge in [0.15, 0.2) is 11.6 Å². The number of nitrogens with zero attached hydrogens (tertiary/aromatic N) is 4. The van der Waals surface area contributed by atoms with Crippen molar-refractivity contribution in [2.24, 2.45) is 0 Å². The third-order valence-corrected chi connectivity index (χ3v) is 4.73. The van der Waals surface area contributed by atoms with E-state index in [-0.39, 0.29) is 17.9 Å². The molecule has 1 unspecified atom stereocenters. The lowest BCUT2D eigenvalue weighted by Crippen LogP contribution is -2.52. The second-order valence-corrected chi connectivity index (χ2v) is 6.25. The zero-order valence-electron chi connectivity index (χ0n) is 12.8. The quantitative estimate of drug-likeness (QED) is 0.935. The van der Waals surface area contributed by atoms with Crippen LogP contribution >= 0.6 is 11.3 Å². The zero-order valence-corrected chi connectivity index (χ0v) is 13.6. The molecule has 2 aromatic rings. The Bertz CT molecular complexity index is 658. The number of anilines is 1.